The molecule has 0 amide bonds. The average molecular weight is 352 g/mol. The van der Waals surface area contributed by atoms with E-state index in [0.717, 1.165) is 18.5 Å². The van der Waals surface area contributed by atoms with Gasteiger partial charge in [0.25, 0.3) is 0 Å². The highest BCUT2D eigenvalue weighted by Crippen LogP contribution is 2.62. The van der Waals surface area contributed by atoms with E-state index < -0.39 is 0 Å². The van der Waals surface area contributed by atoms with Crippen molar-refractivity contribution in [3.8, 4) is 0 Å². The maximum Gasteiger partial charge on any atom is 0.148 e. The van der Waals surface area contributed by atoms with E-state index in [1.54, 1.807) is 39.1 Å². The van der Waals surface area contributed by atoms with Crippen LogP contribution in [0.1, 0.15) is 52.6 Å². The van der Waals surface area contributed by atoms with Crippen LogP contribution in [0.15, 0.2) is 48.2 Å². The van der Waals surface area contributed by atoms with Crippen molar-refractivity contribution >= 4 is 0 Å². The lowest BCUT2D eigenvalue weighted by Gasteiger charge is -2.65. The molecule has 0 radical (unpaired) electrons. The van der Waals surface area contributed by atoms with Crippen LogP contribution in [0.3, 0.4) is 0 Å². The fourth-order valence-corrected chi connectivity index (χ4v) is 7.97. The Labute approximate surface area is 160 Å². The molecule has 1 spiro atoms. The lowest BCUT2D eigenvalue weighted by atomic mass is 9.66. The minimum atomic E-state index is 0.00366. The normalized spacial score (nSPS) is 36.4. The van der Waals surface area contributed by atoms with Gasteiger partial charge in [0.1, 0.15) is 5.66 Å². The molecule has 1 fully saturated rings. The number of hydrogen-bond acceptors (Lipinski definition) is 2. The van der Waals surface area contributed by atoms with Crippen molar-refractivity contribution in [2.45, 2.75) is 68.7 Å². The molecular weight excluding hydrogens is 328 g/mol. The van der Waals surface area contributed by atoms with Crippen molar-refractivity contribution in [1.29, 1.82) is 0 Å². The molecule has 8 rings (SSSR count). The maximum atomic E-state index is 3.02. The second-order valence-electron chi connectivity index (χ2n) is 9.61. The molecule has 4 atom stereocenters. The van der Waals surface area contributed by atoms with Crippen LogP contribution in [0.5, 0.6) is 0 Å². The van der Waals surface area contributed by atoms with Crippen LogP contribution in [0.25, 0.3) is 0 Å². The second kappa shape index (κ2) is 4.33. The third kappa shape index (κ3) is 1.36. The fourth-order valence-electron chi connectivity index (χ4n) is 7.97. The zero-order valence-electron chi connectivity index (χ0n) is 15.6. The maximum absolute atomic E-state index is 3.02. The predicted molar refractivity (Wildman–Crippen MR) is 105 cm³/mol. The van der Waals surface area contributed by atoms with E-state index >= 15 is 0 Å². The smallest absolute Gasteiger partial charge is 0.148 e. The number of nitrogens with zero attached hydrogens (tertiary/aromatic N) is 2. The summed E-state index contributed by atoms with van der Waals surface area (Å²) in [5, 5.41) is 0. The molecule has 3 unspecified atom stereocenters. The van der Waals surface area contributed by atoms with Crippen LogP contribution >= 0.6 is 0 Å². The first-order valence-electron chi connectivity index (χ1n) is 10.8. The third-order valence-electron chi connectivity index (χ3n) is 8.55. The van der Waals surface area contributed by atoms with E-state index in [4.69, 9.17) is 0 Å². The molecule has 6 aliphatic heterocycles. The van der Waals surface area contributed by atoms with E-state index in [2.05, 4.69) is 52.3 Å². The summed E-state index contributed by atoms with van der Waals surface area (Å²) >= 11 is 0. The van der Waals surface area contributed by atoms with Gasteiger partial charge in [-0.1, -0.05) is 42.5 Å². The summed E-state index contributed by atoms with van der Waals surface area (Å²) in [5.74, 6) is 0. The minimum Gasteiger partial charge on any atom is -0.345 e. The first-order chi connectivity index (χ1) is 13.4. The summed E-state index contributed by atoms with van der Waals surface area (Å²) in [6, 6.07) is 16.5. The van der Waals surface area contributed by atoms with Gasteiger partial charge in [0.05, 0.1) is 0 Å². The van der Waals surface area contributed by atoms with Gasteiger partial charge >= 0.3 is 0 Å². The van der Waals surface area contributed by atoms with Gasteiger partial charge < -0.3 is 4.90 Å². The molecule has 2 nitrogen and oxygen atoms in total. The molecule has 6 heterocycles. The minimum absolute atomic E-state index is 0.00366. The molecule has 6 aliphatic rings. The SMILES string of the molecule is C1=C2Cc3cccc4c3[C@@]35c6c(cccc6CC6CCC(C4)N63)CC(C1)N25. The van der Waals surface area contributed by atoms with Gasteiger partial charge in [-0.05, 0) is 60.8 Å². The van der Waals surface area contributed by atoms with Gasteiger partial charge in [0, 0.05) is 41.4 Å². The quantitative estimate of drug-likeness (QED) is 0.709. The summed E-state index contributed by atoms with van der Waals surface area (Å²) in [4.78, 5) is 5.95. The second-order valence-corrected chi connectivity index (χ2v) is 9.61. The molecule has 134 valence electrons. The third-order valence-corrected chi connectivity index (χ3v) is 8.55. The molecule has 2 heteroatoms. The number of allylic oxidation sites excluding steroid dienone is 1. The Hall–Kier alpha value is -2.06. The average Bonchev–Trinajstić information content (AvgIpc) is 3.28. The first kappa shape index (κ1) is 14.0. The number of benzene rings is 2. The zero-order valence-corrected chi connectivity index (χ0v) is 15.6. The Morgan fingerprint density at radius 3 is 2.04 bits per heavy atom. The van der Waals surface area contributed by atoms with Crippen LogP contribution < -0.4 is 0 Å². The van der Waals surface area contributed by atoms with Crippen molar-refractivity contribution in [1.82, 2.24) is 9.80 Å². The van der Waals surface area contributed by atoms with E-state index in [1.807, 2.05) is 0 Å². The lowest BCUT2D eigenvalue weighted by molar-refractivity contribution is -0.0914. The molecule has 1 saturated heterocycles. The summed E-state index contributed by atoms with van der Waals surface area (Å²) in [7, 11) is 0. The Morgan fingerprint density at radius 2 is 1.33 bits per heavy atom. The van der Waals surface area contributed by atoms with Gasteiger partial charge in [0.2, 0.25) is 0 Å². The monoisotopic (exact) mass is 352 g/mol. The van der Waals surface area contributed by atoms with Crippen LogP contribution in [-0.2, 0) is 31.3 Å². The summed E-state index contributed by atoms with van der Waals surface area (Å²) in [6.07, 6.45) is 11.4. The Morgan fingerprint density at radius 1 is 0.741 bits per heavy atom. The topological polar surface area (TPSA) is 6.48 Å². The molecule has 0 N–H and O–H groups in total. The first-order valence-corrected chi connectivity index (χ1v) is 10.8. The molecular formula is C25H24N2. The standard InChI is InChI=1S/C25H24N2/c1-3-15-11-19-7-9-21-13-17-5-2-6-18-14-22-10-8-20-12-16(4-1)23(15)25(24(17)18,26(19)21)27(20)22/h1-7,20-22H,8-14H2/t20?,21?,22?,25-/m0/s1. The molecule has 0 aromatic heterocycles. The Kier molecular flexibility index (Phi) is 2.25. The van der Waals surface area contributed by atoms with E-state index in [-0.39, 0.29) is 5.66 Å². The predicted octanol–water partition coefficient (Wildman–Crippen LogP) is 3.90. The Bertz CT molecular complexity index is 1060. The zero-order chi connectivity index (χ0) is 17.3. The molecule has 0 bridgehead atoms. The van der Waals surface area contributed by atoms with Crippen LogP contribution in [0.2, 0.25) is 0 Å². The van der Waals surface area contributed by atoms with E-state index in [0.29, 0.717) is 6.04 Å². The van der Waals surface area contributed by atoms with Gasteiger partial charge in [-0.3, -0.25) is 4.90 Å². The van der Waals surface area contributed by atoms with Gasteiger partial charge in [-0.25, -0.2) is 0 Å². The molecule has 2 aromatic carbocycles. The summed E-state index contributed by atoms with van der Waals surface area (Å²) in [5.41, 5.74) is 11.5. The van der Waals surface area contributed by atoms with Crippen molar-refractivity contribution < 1.29 is 0 Å². The Balaban J connectivity index is 1.60. The number of hydrogen-bond donors (Lipinski definition) is 0. The van der Waals surface area contributed by atoms with Crippen LogP contribution in [0.4, 0.5) is 0 Å². The summed E-state index contributed by atoms with van der Waals surface area (Å²) < 4.78 is 0. The number of rotatable bonds is 0. The van der Waals surface area contributed by atoms with Gasteiger partial charge in [-0.2, -0.15) is 0 Å². The van der Waals surface area contributed by atoms with Crippen LogP contribution in [0, 0.1) is 0 Å². The highest BCUT2D eigenvalue weighted by molar-refractivity contribution is 5.61. The highest BCUT2D eigenvalue weighted by atomic mass is 15.5. The van der Waals surface area contributed by atoms with Crippen LogP contribution in [-0.4, -0.2) is 27.9 Å². The van der Waals surface area contributed by atoms with Crippen molar-refractivity contribution in [2.75, 3.05) is 0 Å². The lowest BCUT2D eigenvalue weighted by Crippen LogP contribution is -2.71. The molecule has 0 saturated carbocycles. The van der Waals surface area contributed by atoms with Crippen molar-refractivity contribution in [2.24, 2.45) is 0 Å². The summed E-state index contributed by atoms with van der Waals surface area (Å²) in [6.45, 7) is 0. The molecule has 2 aromatic rings. The molecule has 27 heavy (non-hydrogen) atoms. The van der Waals surface area contributed by atoms with Gasteiger partial charge in [-0.15, -0.1) is 0 Å². The van der Waals surface area contributed by atoms with E-state index in [1.165, 1.54) is 38.5 Å². The largest absolute Gasteiger partial charge is 0.345 e. The fraction of sp³-hybridized carbons (Fsp3) is 0.440. The van der Waals surface area contributed by atoms with Crippen molar-refractivity contribution in [3.05, 3.63) is 81.6 Å². The van der Waals surface area contributed by atoms with E-state index in [9.17, 15) is 0 Å². The van der Waals surface area contributed by atoms with Crippen molar-refractivity contribution in [3.63, 3.8) is 0 Å². The molecule has 0 aliphatic carbocycles. The highest BCUT2D eigenvalue weighted by Gasteiger charge is 2.65. The van der Waals surface area contributed by atoms with Gasteiger partial charge in [0.15, 0.2) is 0 Å².